The Morgan fingerprint density at radius 3 is 2.31 bits per heavy atom. The van der Waals surface area contributed by atoms with Crippen LogP contribution in [0.25, 0.3) is 16.9 Å². The largest absolute Gasteiger partial charge is 0.487 e. The molecule has 0 amide bonds. The topological polar surface area (TPSA) is 98.5 Å². The summed E-state index contributed by atoms with van der Waals surface area (Å²) in [6.07, 6.45) is 1.02. The van der Waals surface area contributed by atoms with Crippen molar-refractivity contribution < 1.29 is 27.0 Å². The zero-order valence-electron chi connectivity index (χ0n) is 17.7. The molecule has 32 heavy (non-hydrogen) atoms. The number of nitrogens with zero attached hydrogens (tertiary/aromatic N) is 2. The van der Waals surface area contributed by atoms with Gasteiger partial charge in [-0.25, -0.2) is 17.2 Å². The van der Waals surface area contributed by atoms with Crippen LogP contribution in [0.5, 0.6) is 5.75 Å². The van der Waals surface area contributed by atoms with E-state index in [9.17, 15) is 27.1 Å². The summed E-state index contributed by atoms with van der Waals surface area (Å²) in [6, 6.07) is 11.0. The summed E-state index contributed by atoms with van der Waals surface area (Å²) >= 11 is 0. The van der Waals surface area contributed by atoms with Crippen molar-refractivity contribution >= 4 is 9.84 Å². The molecule has 1 aromatic heterocycles. The number of hydrogen-bond acceptors (Lipinski definition) is 6. The quantitative estimate of drug-likeness (QED) is 0.577. The average molecular weight is 464 g/mol. The number of benzene rings is 2. The molecule has 3 rings (SSSR count). The van der Waals surface area contributed by atoms with Crippen LogP contribution < -0.4 is 10.3 Å². The summed E-state index contributed by atoms with van der Waals surface area (Å²) in [5, 5.41) is 14.1. The van der Waals surface area contributed by atoms with Crippen LogP contribution in [0.4, 0.5) is 8.78 Å². The van der Waals surface area contributed by atoms with Crippen LogP contribution in [0.15, 0.2) is 58.2 Å². The van der Waals surface area contributed by atoms with Crippen molar-refractivity contribution in [2.45, 2.75) is 30.8 Å². The predicted octanol–water partition coefficient (Wildman–Crippen LogP) is 3.12. The van der Waals surface area contributed by atoms with E-state index in [2.05, 4.69) is 5.10 Å². The number of hydrogen-bond donors (Lipinski definition) is 1. The fourth-order valence-corrected chi connectivity index (χ4v) is 3.94. The van der Waals surface area contributed by atoms with Crippen LogP contribution in [-0.2, 0) is 9.84 Å². The van der Waals surface area contributed by atoms with E-state index in [0.717, 1.165) is 29.1 Å². The van der Waals surface area contributed by atoms with Crippen molar-refractivity contribution in [3.63, 3.8) is 0 Å². The molecule has 10 heteroatoms. The van der Waals surface area contributed by atoms with E-state index in [1.807, 2.05) is 0 Å². The molecule has 0 saturated heterocycles. The third-order valence-electron chi connectivity index (χ3n) is 4.53. The molecule has 0 radical (unpaired) electrons. The van der Waals surface area contributed by atoms with E-state index in [4.69, 9.17) is 4.74 Å². The number of halogens is 2. The first-order valence-electron chi connectivity index (χ1n) is 9.62. The van der Waals surface area contributed by atoms with Gasteiger partial charge in [0, 0.05) is 24.3 Å². The van der Waals surface area contributed by atoms with Crippen molar-refractivity contribution in [2.75, 3.05) is 12.9 Å². The summed E-state index contributed by atoms with van der Waals surface area (Å²) in [6.45, 7) is 2.90. The molecule has 0 aliphatic rings. The zero-order valence-corrected chi connectivity index (χ0v) is 18.5. The van der Waals surface area contributed by atoms with Gasteiger partial charge >= 0.3 is 5.56 Å². The molecule has 2 aromatic carbocycles. The fourth-order valence-electron chi connectivity index (χ4n) is 2.94. The smallest absolute Gasteiger partial charge is 0.315 e. The highest BCUT2D eigenvalue weighted by Crippen LogP contribution is 2.31. The minimum atomic E-state index is -4.01. The zero-order chi connectivity index (χ0) is 23.7. The Balaban J connectivity index is 2.33. The maximum atomic E-state index is 13.8. The third kappa shape index (κ3) is 5.20. The monoisotopic (exact) mass is 464 g/mol. The van der Waals surface area contributed by atoms with Gasteiger partial charge in [-0.05, 0) is 26.0 Å². The molecule has 0 fully saturated rings. The van der Waals surface area contributed by atoms with Crippen LogP contribution in [0.2, 0.25) is 0 Å². The van der Waals surface area contributed by atoms with Gasteiger partial charge in [-0.15, -0.1) is 0 Å². The van der Waals surface area contributed by atoms with Gasteiger partial charge in [-0.3, -0.25) is 4.79 Å². The maximum absolute atomic E-state index is 13.8. The second-order valence-corrected chi connectivity index (χ2v) is 9.82. The van der Waals surface area contributed by atoms with Crippen molar-refractivity contribution in [2.24, 2.45) is 0 Å². The molecule has 0 atom stereocenters. The Labute approximate surface area is 183 Å². The molecular formula is C22H22F2N2O5S. The van der Waals surface area contributed by atoms with Gasteiger partial charge in [0.05, 0.1) is 17.9 Å². The molecule has 170 valence electrons. The van der Waals surface area contributed by atoms with Gasteiger partial charge in [0.15, 0.2) is 21.5 Å². The minimum Gasteiger partial charge on any atom is -0.487 e. The standard InChI is InChI=1S/C22H22F2N2O5S/c1-22(2,28)11-12-31-19-20(32(3,29)30)18(14-7-5-4-6-8-14)25-26(21(19)27)15-9-10-16(23)17(24)13-15/h4-10,13,28H,11-12H2,1-3H3. The van der Waals surface area contributed by atoms with Crippen molar-refractivity contribution in [1.82, 2.24) is 9.78 Å². The lowest BCUT2D eigenvalue weighted by Crippen LogP contribution is -2.29. The normalized spacial score (nSPS) is 12.1. The number of aromatic nitrogens is 2. The Hall–Kier alpha value is -3.11. The lowest BCUT2D eigenvalue weighted by atomic mass is 10.1. The molecule has 1 heterocycles. The third-order valence-corrected chi connectivity index (χ3v) is 5.65. The van der Waals surface area contributed by atoms with E-state index in [1.165, 1.54) is 13.8 Å². The van der Waals surface area contributed by atoms with Gasteiger partial charge < -0.3 is 9.84 Å². The molecule has 7 nitrogen and oxygen atoms in total. The summed E-state index contributed by atoms with van der Waals surface area (Å²) in [5.41, 5.74) is -1.92. The van der Waals surface area contributed by atoms with Crippen LogP contribution in [0.1, 0.15) is 20.3 Å². The summed E-state index contributed by atoms with van der Waals surface area (Å²) < 4.78 is 59.0. The van der Waals surface area contributed by atoms with Crippen LogP contribution >= 0.6 is 0 Å². The number of ether oxygens (including phenoxy) is 1. The maximum Gasteiger partial charge on any atom is 0.315 e. The van der Waals surface area contributed by atoms with E-state index in [-0.39, 0.29) is 24.4 Å². The van der Waals surface area contributed by atoms with Crippen LogP contribution in [0.3, 0.4) is 0 Å². The van der Waals surface area contributed by atoms with Crippen molar-refractivity contribution in [3.8, 4) is 22.7 Å². The molecule has 0 aliphatic carbocycles. The fraction of sp³-hybridized carbons (Fsp3) is 0.273. The molecule has 1 N–H and O–H groups in total. The Morgan fingerprint density at radius 2 is 1.75 bits per heavy atom. The first kappa shape index (κ1) is 23.6. The van der Waals surface area contributed by atoms with E-state index >= 15 is 0 Å². The minimum absolute atomic E-state index is 0.0873. The van der Waals surface area contributed by atoms with E-state index in [0.29, 0.717) is 5.56 Å². The van der Waals surface area contributed by atoms with Crippen molar-refractivity contribution in [1.29, 1.82) is 0 Å². The van der Waals surface area contributed by atoms with Crippen molar-refractivity contribution in [3.05, 3.63) is 70.5 Å². The lowest BCUT2D eigenvalue weighted by molar-refractivity contribution is 0.0546. The predicted molar refractivity (Wildman–Crippen MR) is 115 cm³/mol. The molecule has 0 unspecified atom stereocenters. The molecule has 0 spiro atoms. The Bertz CT molecular complexity index is 1300. The van der Waals surface area contributed by atoms with E-state index in [1.54, 1.807) is 30.3 Å². The Morgan fingerprint density at radius 1 is 1.09 bits per heavy atom. The molecule has 0 aliphatic heterocycles. The Kier molecular flexibility index (Phi) is 6.47. The summed E-state index contributed by atoms with van der Waals surface area (Å²) in [5.74, 6) is -2.83. The highest BCUT2D eigenvalue weighted by atomic mass is 32.2. The van der Waals surface area contributed by atoms with Gasteiger partial charge in [-0.1, -0.05) is 30.3 Å². The highest BCUT2D eigenvalue weighted by Gasteiger charge is 2.28. The van der Waals surface area contributed by atoms with E-state index < -0.39 is 43.3 Å². The summed E-state index contributed by atoms with van der Waals surface area (Å²) in [7, 11) is -4.01. The molecule has 3 aromatic rings. The van der Waals surface area contributed by atoms with Gasteiger partial charge in [-0.2, -0.15) is 9.78 Å². The van der Waals surface area contributed by atoms with Crippen LogP contribution in [-0.4, -0.2) is 41.8 Å². The highest BCUT2D eigenvalue weighted by molar-refractivity contribution is 7.91. The number of sulfone groups is 1. The number of aliphatic hydroxyl groups is 1. The first-order valence-corrected chi connectivity index (χ1v) is 11.5. The molecule has 0 bridgehead atoms. The second kappa shape index (κ2) is 8.79. The average Bonchev–Trinajstić information content (AvgIpc) is 2.70. The summed E-state index contributed by atoms with van der Waals surface area (Å²) in [4.78, 5) is 12.8. The van der Waals surface area contributed by atoms with Gasteiger partial charge in [0.2, 0.25) is 5.75 Å². The second-order valence-electron chi connectivity index (χ2n) is 7.87. The first-order chi connectivity index (χ1) is 14.9. The lowest BCUT2D eigenvalue weighted by Gasteiger charge is -2.19. The van der Waals surface area contributed by atoms with Gasteiger partial charge in [0.25, 0.3) is 0 Å². The van der Waals surface area contributed by atoms with Gasteiger partial charge in [0.1, 0.15) is 10.6 Å². The SMILES string of the molecule is CC(C)(O)CCOc1c(S(C)(=O)=O)c(-c2ccccc2)nn(-c2ccc(F)c(F)c2)c1=O. The number of rotatable bonds is 7. The molecular weight excluding hydrogens is 442 g/mol. The van der Waals surface area contributed by atoms with Crippen LogP contribution in [0, 0.1) is 11.6 Å². The molecule has 0 saturated carbocycles.